The Morgan fingerprint density at radius 3 is 0.846 bits per heavy atom. The van der Waals surface area contributed by atoms with Crippen molar-refractivity contribution in [2.75, 3.05) is 6.61 Å². The molecule has 0 saturated heterocycles. The van der Waals surface area contributed by atoms with Gasteiger partial charge >= 0.3 is 71.4 Å². The van der Waals surface area contributed by atoms with Crippen molar-refractivity contribution in [3.05, 3.63) is 0 Å². The van der Waals surface area contributed by atoms with Gasteiger partial charge < -0.3 is 4.74 Å². The lowest BCUT2D eigenvalue weighted by molar-refractivity contribution is -0.474. The van der Waals surface area contributed by atoms with Crippen LogP contribution in [-0.4, -0.2) is 78.0 Å². The SMILES string of the molecule is CCOC(=O)C(F)(C(F)(F)F)C(F)(F)C(F)(F)C(F)(F)C(F)(F)C(F)(F)C(F)(F)C(F)(F)C(F)(F)C(F)(F)F. The van der Waals surface area contributed by atoms with Crippen molar-refractivity contribution < 1.29 is 111 Å². The average Bonchev–Trinajstić information content (AvgIpc) is 2.70. The zero-order valence-corrected chi connectivity index (χ0v) is 17.2. The molecule has 0 saturated carbocycles. The summed E-state index contributed by atoms with van der Waals surface area (Å²) in [6.45, 7) is -1.44. The molecule has 2 nitrogen and oxygen atoms in total. The van der Waals surface area contributed by atoms with Crippen molar-refractivity contribution in [2.45, 2.75) is 72.3 Å². The van der Waals surface area contributed by atoms with Crippen molar-refractivity contribution in [1.82, 2.24) is 0 Å². The summed E-state index contributed by atoms with van der Waals surface area (Å²) in [7, 11) is 0. The van der Waals surface area contributed by atoms with Crippen LogP contribution in [0, 0.1) is 0 Å². The third-order valence-corrected chi connectivity index (χ3v) is 4.50. The summed E-state index contributed by atoms with van der Waals surface area (Å²) in [5.41, 5.74) is -7.94. The molecular formula is C14H5F23O2. The average molecular weight is 642 g/mol. The van der Waals surface area contributed by atoms with E-state index in [1.165, 1.54) is 0 Å². The predicted octanol–water partition coefficient (Wildman–Crippen LogP) is 7.46. The quantitative estimate of drug-likeness (QED) is 0.183. The molecule has 0 aliphatic rings. The van der Waals surface area contributed by atoms with E-state index in [1.54, 1.807) is 0 Å². The largest absolute Gasteiger partial charge is 0.463 e. The summed E-state index contributed by atoms with van der Waals surface area (Å²) in [5.74, 6) is -77.6. The van der Waals surface area contributed by atoms with E-state index in [9.17, 15) is 106 Å². The maximum Gasteiger partial charge on any atom is 0.460 e. The Balaban J connectivity index is 7.41. The molecule has 25 heteroatoms. The zero-order chi connectivity index (χ0) is 32.5. The van der Waals surface area contributed by atoms with E-state index in [1.807, 2.05) is 0 Å². The number of alkyl halides is 23. The number of esters is 1. The van der Waals surface area contributed by atoms with Gasteiger partial charge in [-0.05, 0) is 6.92 Å². The molecule has 0 aliphatic carbocycles. The highest BCUT2D eigenvalue weighted by molar-refractivity contribution is 5.82. The Labute approximate surface area is 197 Å². The van der Waals surface area contributed by atoms with E-state index >= 15 is 0 Å². The first-order valence-corrected chi connectivity index (χ1v) is 8.50. The van der Waals surface area contributed by atoms with Crippen LogP contribution in [-0.2, 0) is 9.53 Å². The van der Waals surface area contributed by atoms with Crippen LogP contribution in [0.15, 0.2) is 0 Å². The van der Waals surface area contributed by atoms with Crippen LogP contribution in [0.5, 0.6) is 0 Å². The minimum Gasteiger partial charge on any atom is -0.463 e. The molecule has 0 bridgehead atoms. The van der Waals surface area contributed by atoms with Crippen molar-refractivity contribution in [2.24, 2.45) is 0 Å². The smallest absolute Gasteiger partial charge is 0.460 e. The zero-order valence-electron chi connectivity index (χ0n) is 17.2. The van der Waals surface area contributed by atoms with Gasteiger partial charge in [-0.25, -0.2) is 9.18 Å². The van der Waals surface area contributed by atoms with Gasteiger partial charge in [-0.15, -0.1) is 0 Å². The Hall–Kier alpha value is -2.14. The molecule has 1 atom stereocenters. The van der Waals surface area contributed by atoms with Crippen LogP contribution >= 0.6 is 0 Å². The second-order valence-electron chi connectivity index (χ2n) is 6.97. The van der Waals surface area contributed by atoms with Crippen molar-refractivity contribution in [3.8, 4) is 0 Å². The maximum atomic E-state index is 14.0. The molecule has 0 aromatic heterocycles. The molecule has 0 fully saturated rings. The van der Waals surface area contributed by atoms with Crippen molar-refractivity contribution >= 4 is 5.97 Å². The molecule has 0 aliphatic heterocycles. The second-order valence-corrected chi connectivity index (χ2v) is 6.97. The first-order chi connectivity index (χ1) is 16.5. The molecule has 39 heavy (non-hydrogen) atoms. The first-order valence-electron chi connectivity index (χ1n) is 8.50. The van der Waals surface area contributed by atoms with Gasteiger partial charge in [0.1, 0.15) is 0 Å². The molecule has 0 aromatic carbocycles. The summed E-state index contributed by atoms with van der Waals surface area (Å²) in [6.07, 6.45) is -16.1. The van der Waals surface area contributed by atoms with E-state index in [4.69, 9.17) is 0 Å². The second kappa shape index (κ2) is 9.19. The third-order valence-electron chi connectivity index (χ3n) is 4.50. The minimum absolute atomic E-state index is 0.285. The molecule has 0 radical (unpaired) electrons. The molecule has 0 heterocycles. The van der Waals surface area contributed by atoms with Gasteiger partial charge in [0.15, 0.2) is 0 Å². The molecule has 234 valence electrons. The van der Waals surface area contributed by atoms with Gasteiger partial charge in [0.2, 0.25) is 0 Å². The van der Waals surface area contributed by atoms with Crippen LogP contribution < -0.4 is 0 Å². The number of rotatable bonds is 10. The highest BCUT2D eigenvalue weighted by Crippen LogP contribution is 2.67. The molecule has 1 unspecified atom stereocenters. The number of carbonyl (C=O) groups is 1. The van der Waals surface area contributed by atoms with Crippen LogP contribution in [0.3, 0.4) is 0 Å². The van der Waals surface area contributed by atoms with E-state index in [0.29, 0.717) is 0 Å². The molecule has 0 N–H and O–H groups in total. The van der Waals surface area contributed by atoms with Gasteiger partial charge in [-0.2, -0.15) is 96.6 Å². The van der Waals surface area contributed by atoms with Crippen molar-refractivity contribution in [1.29, 1.82) is 0 Å². The van der Waals surface area contributed by atoms with Gasteiger partial charge in [0, 0.05) is 0 Å². The highest BCUT2D eigenvalue weighted by Gasteiger charge is 2.99. The normalized spacial score (nSPS) is 17.6. The topological polar surface area (TPSA) is 26.3 Å². The van der Waals surface area contributed by atoms with Crippen LogP contribution in [0.4, 0.5) is 101 Å². The summed E-state index contributed by atoms with van der Waals surface area (Å²) in [4.78, 5) is 11.0. The monoisotopic (exact) mass is 642 g/mol. The predicted molar refractivity (Wildman–Crippen MR) is 72.2 cm³/mol. The lowest BCUT2D eigenvalue weighted by Gasteiger charge is -2.45. The van der Waals surface area contributed by atoms with Gasteiger partial charge in [0.05, 0.1) is 6.61 Å². The Bertz CT molecular complexity index is 911. The van der Waals surface area contributed by atoms with Gasteiger partial charge in [-0.1, -0.05) is 0 Å². The fourth-order valence-electron chi connectivity index (χ4n) is 2.23. The fourth-order valence-corrected chi connectivity index (χ4v) is 2.23. The maximum absolute atomic E-state index is 14.0. The van der Waals surface area contributed by atoms with Crippen LogP contribution in [0.2, 0.25) is 0 Å². The lowest BCUT2D eigenvalue weighted by atomic mass is 9.83. The van der Waals surface area contributed by atoms with Crippen LogP contribution in [0.25, 0.3) is 0 Å². The summed E-state index contributed by atoms with van der Waals surface area (Å²) in [5, 5.41) is 0. The first kappa shape index (κ1) is 36.9. The van der Waals surface area contributed by atoms with Gasteiger partial charge in [0.25, 0.3) is 0 Å². The summed E-state index contributed by atoms with van der Waals surface area (Å²) in [6, 6.07) is 0. The standard InChI is InChI=1S/C14H5F23O2/c1-2-39-3(38)4(15,13(32,33)34)5(16,17)6(18,19)7(20,21)8(22,23)9(24,25)10(26,27)11(28,29)12(30,31)14(35,36)37/h2H2,1H3. The molecular weight excluding hydrogens is 637 g/mol. The number of ether oxygens (including phenoxy) is 1. The highest BCUT2D eigenvalue weighted by atomic mass is 19.4. The number of hydrogen-bond donors (Lipinski definition) is 0. The Kier molecular flexibility index (Phi) is 8.69. The fraction of sp³-hybridized carbons (Fsp3) is 0.929. The molecule has 0 spiro atoms. The van der Waals surface area contributed by atoms with E-state index in [2.05, 4.69) is 4.74 Å². The Morgan fingerprint density at radius 2 is 0.641 bits per heavy atom. The Morgan fingerprint density at radius 1 is 0.410 bits per heavy atom. The molecule has 0 rings (SSSR count). The third kappa shape index (κ3) is 4.38. The van der Waals surface area contributed by atoms with E-state index in [-0.39, 0.29) is 6.92 Å². The van der Waals surface area contributed by atoms with E-state index in [0.717, 1.165) is 0 Å². The molecule has 0 amide bonds. The minimum atomic E-state index is -9.47. The van der Waals surface area contributed by atoms with Gasteiger partial charge in [-0.3, -0.25) is 0 Å². The van der Waals surface area contributed by atoms with Crippen molar-refractivity contribution in [3.63, 3.8) is 0 Å². The lowest BCUT2D eigenvalue weighted by Crippen LogP contribution is -2.78. The number of hydrogen-bond acceptors (Lipinski definition) is 2. The summed E-state index contributed by atoms with van der Waals surface area (Å²) >= 11 is 0. The number of halogens is 23. The van der Waals surface area contributed by atoms with E-state index < -0.39 is 78.0 Å². The summed E-state index contributed by atoms with van der Waals surface area (Å²) < 4.78 is 306. The number of carbonyl (C=O) groups excluding carboxylic acids is 1. The molecule has 0 aromatic rings. The van der Waals surface area contributed by atoms with Crippen LogP contribution in [0.1, 0.15) is 6.92 Å².